The third-order valence-electron chi connectivity index (χ3n) is 4.75. The van der Waals surface area contributed by atoms with Crippen LogP contribution in [0.15, 0.2) is 59.3 Å². The van der Waals surface area contributed by atoms with Gasteiger partial charge in [0.05, 0.1) is 5.54 Å². The molecule has 3 N–H and O–H groups in total. The van der Waals surface area contributed by atoms with E-state index < -0.39 is 5.54 Å². The summed E-state index contributed by atoms with van der Waals surface area (Å²) in [6.07, 6.45) is 2.37. The van der Waals surface area contributed by atoms with Crippen LogP contribution in [0.5, 0.6) is 0 Å². The number of carbonyl (C=O) groups excluding carboxylic acids is 1. The number of nitrogens with two attached hydrogens (primary N) is 1. The molecule has 0 unspecified atom stereocenters. The van der Waals surface area contributed by atoms with E-state index in [9.17, 15) is 4.79 Å². The van der Waals surface area contributed by atoms with Crippen LogP contribution in [0.1, 0.15) is 35.5 Å². The number of hydrogen-bond acceptors (Lipinski definition) is 5. The molecular formula is C21H22N4O2. The summed E-state index contributed by atoms with van der Waals surface area (Å²) < 4.78 is 4.95. The van der Waals surface area contributed by atoms with Crippen LogP contribution < -0.4 is 16.0 Å². The summed E-state index contributed by atoms with van der Waals surface area (Å²) in [5, 5.41) is 6.75. The van der Waals surface area contributed by atoms with Gasteiger partial charge in [-0.2, -0.15) is 0 Å². The van der Waals surface area contributed by atoms with E-state index in [4.69, 9.17) is 10.3 Å². The minimum atomic E-state index is -0.757. The Morgan fingerprint density at radius 1 is 1.19 bits per heavy atom. The molecule has 0 fully saturated rings. The Morgan fingerprint density at radius 2 is 1.93 bits per heavy atom. The van der Waals surface area contributed by atoms with Crippen molar-refractivity contribution in [2.75, 3.05) is 16.8 Å². The molecule has 0 saturated heterocycles. The second-order valence-electron chi connectivity index (χ2n) is 7.33. The highest BCUT2D eigenvalue weighted by Gasteiger charge is 2.27. The molecule has 1 aliphatic heterocycles. The van der Waals surface area contributed by atoms with Gasteiger partial charge >= 0.3 is 0 Å². The van der Waals surface area contributed by atoms with Gasteiger partial charge in [0.25, 0.3) is 5.91 Å². The van der Waals surface area contributed by atoms with Crippen molar-refractivity contribution in [3.63, 3.8) is 0 Å². The first kappa shape index (κ1) is 17.3. The maximum atomic E-state index is 12.6. The highest BCUT2D eigenvalue weighted by Crippen LogP contribution is 2.34. The van der Waals surface area contributed by atoms with Crippen molar-refractivity contribution in [3.8, 4) is 0 Å². The highest BCUT2D eigenvalue weighted by atomic mass is 16.5. The third kappa shape index (κ3) is 3.31. The number of amides is 1. The van der Waals surface area contributed by atoms with Gasteiger partial charge in [-0.1, -0.05) is 23.4 Å². The number of para-hydroxylation sites is 1. The lowest BCUT2D eigenvalue weighted by Crippen LogP contribution is -2.31. The molecule has 2 aromatic carbocycles. The molecule has 0 aliphatic carbocycles. The molecule has 4 rings (SSSR count). The SMILES string of the molecule is CC(C)(N)c1nocc1C(=O)Nc1ccc(N2CCc3ccccc32)cc1. The Hall–Kier alpha value is -3.12. The number of rotatable bonds is 4. The molecule has 1 amide bonds. The lowest BCUT2D eigenvalue weighted by Gasteiger charge is -2.20. The van der Waals surface area contributed by atoms with Crippen molar-refractivity contribution < 1.29 is 9.32 Å². The Labute approximate surface area is 158 Å². The predicted octanol–water partition coefficient (Wildman–Crippen LogP) is 3.81. The first-order valence-corrected chi connectivity index (χ1v) is 8.94. The lowest BCUT2D eigenvalue weighted by molar-refractivity contribution is 0.102. The standard InChI is InChI=1S/C21H22N4O2/c1-21(2,22)19-17(13-27-24-19)20(26)23-15-7-9-16(10-8-15)25-12-11-14-5-3-4-6-18(14)25/h3-10,13H,11-12,22H2,1-2H3,(H,23,26). The number of nitrogens with zero attached hydrogens (tertiary/aromatic N) is 2. The first-order valence-electron chi connectivity index (χ1n) is 8.94. The Bertz CT molecular complexity index is 970. The average molecular weight is 362 g/mol. The second kappa shape index (κ2) is 6.55. The fourth-order valence-electron chi connectivity index (χ4n) is 3.39. The van der Waals surface area contributed by atoms with Crippen LogP contribution in [-0.2, 0) is 12.0 Å². The monoisotopic (exact) mass is 362 g/mol. The van der Waals surface area contributed by atoms with E-state index in [1.807, 2.05) is 24.3 Å². The summed E-state index contributed by atoms with van der Waals surface area (Å²) in [7, 11) is 0. The quantitative estimate of drug-likeness (QED) is 0.737. The minimum absolute atomic E-state index is 0.288. The van der Waals surface area contributed by atoms with Gasteiger partial charge in [0, 0.05) is 23.6 Å². The van der Waals surface area contributed by atoms with Gasteiger partial charge < -0.3 is 20.5 Å². The highest BCUT2D eigenvalue weighted by molar-refractivity contribution is 6.05. The van der Waals surface area contributed by atoms with Crippen molar-refractivity contribution in [3.05, 3.63) is 71.6 Å². The summed E-state index contributed by atoms with van der Waals surface area (Å²) in [6, 6.07) is 16.3. The van der Waals surface area contributed by atoms with Gasteiger partial charge in [-0.15, -0.1) is 0 Å². The van der Waals surface area contributed by atoms with Crippen molar-refractivity contribution in [2.45, 2.75) is 25.8 Å². The zero-order chi connectivity index (χ0) is 19.0. The maximum absolute atomic E-state index is 12.6. The minimum Gasteiger partial charge on any atom is -0.364 e. The predicted molar refractivity (Wildman–Crippen MR) is 105 cm³/mol. The van der Waals surface area contributed by atoms with Gasteiger partial charge in [-0.3, -0.25) is 4.79 Å². The van der Waals surface area contributed by atoms with Crippen molar-refractivity contribution in [1.82, 2.24) is 5.16 Å². The van der Waals surface area contributed by atoms with Crippen LogP contribution in [0.2, 0.25) is 0 Å². The van der Waals surface area contributed by atoms with Crippen LogP contribution in [0.3, 0.4) is 0 Å². The zero-order valence-electron chi connectivity index (χ0n) is 15.4. The van der Waals surface area contributed by atoms with Crippen molar-refractivity contribution in [2.24, 2.45) is 5.73 Å². The van der Waals surface area contributed by atoms with Gasteiger partial charge in [-0.25, -0.2) is 0 Å². The van der Waals surface area contributed by atoms with Gasteiger partial charge in [0.1, 0.15) is 17.5 Å². The summed E-state index contributed by atoms with van der Waals surface area (Å²) in [5.74, 6) is -0.288. The van der Waals surface area contributed by atoms with E-state index in [0.29, 0.717) is 16.9 Å². The number of benzene rings is 2. The molecule has 6 nitrogen and oxygen atoms in total. The van der Waals surface area contributed by atoms with Crippen LogP contribution in [0, 0.1) is 0 Å². The van der Waals surface area contributed by atoms with Gasteiger partial charge in [0.2, 0.25) is 0 Å². The number of fused-ring (bicyclic) bond motifs is 1. The molecule has 6 heteroatoms. The lowest BCUT2D eigenvalue weighted by atomic mass is 9.98. The fourth-order valence-corrected chi connectivity index (χ4v) is 3.39. The van der Waals surface area contributed by atoms with Crippen molar-refractivity contribution in [1.29, 1.82) is 0 Å². The molecule has 3 aromatic rings. The van der Waals surface area contributed by atoms with Crippen LogP contribution in [-0.4, -0.2) is 17.6 Å². The molecule has 0 saturated carbocycles. The Morgan fingerprint density at radius 3 is 2.67 bits per heavy atom. The topological polar surface area (TPSA) is 84.4 Å². The molecule has 0 radical (unpaired) electrons. The Kier molecular flexibility index (Phi) is 4.20. The largest absolute Gasteiger partial charge is 0.364 e. The third-order valence-corrected chi connectivity index (χ3v) is 4.75. The smallest absolute Gasteiger partial charge is 0.260 e. The van der Waals surface area contributed by atoms with Gasteiger partial charge in [0.15, 0.2) is 0 Å². The molecule has 2 heterocycles. The number of nitrogens with one attached hydrogen (secondary N) is 1. The summed E-state index contributed by atoms with van der Waals surface area (Å²) >= 11 is 0. The number of carbonyl (C=O) groups is 1. The Balaban J connectivity index is 1.51. The number of hydrogen-bond donors (Lipinski definition) is 2. The fraction of sp³-hybridized carbons (Fsp3) is 0.238. The van der Waals surface area contributed by atoms with Crippen LogP contribution in [0.25, 0.3) is 0 Å². The maximum Gasteiger partial charge on any atom is 0.260 e. The van der Waals surface area contributed by atoms with Crippen LogP contribution in [0.4, 0.5) is 17.1 Å². The molecular weight excluding hydrogens is 340 g/mol. The molecule has 0 spiro atoms. The van der Waals surface area contributed by atoms with E-state index in [1.165, 1.54) is 17.5 Å². The number of anilines is 3. The van der Waals surface area contributed by atoms with E-state index >= 15 is 0 Å². The summed E-state index contributed by atoms with van der Waals surface area (Å²) in [6.45, 7) is 4.52. The molecule has 0 bridgehead atoms. The second-order valence-corrected chi connectivity index (χ2v) is 7.33. The summed E-state index contributed by atoms with van der Waals surface area (Å²) in [4.78, 5) is 14.9. The van der Waals surface area contributed by atoms with Crippen molar-refractivity contribution >= 4 is 23.0 Å². The average Bonchev–Trinajstić information content (AvgIpc) is 3.29. The molecule has 138 valence electrons. The van der Waals surface area contributed by atoms with Crippen LogP contribution >= 0.6 is 0 Å². The summed E-state index contributed by atoms with van der Waals surface area (Å²) in [5.41, 5.74) is 10.5. The van der Waals surface area contributed by atoms with E-state index in [0.717, 1.165) is 18.7 Å². The number of aromatic nitrogens is 1. The van der Waals surface area contributed by atoms with E-state index in [1.54, 1.807) is 13.8 Å². The zero-order valence-corrected chi connectivity index (χ0v) is 15.4. The van der Waals surface area contributed by atoms with E-state index in [-0.39, 0.29) is 5.91 Å². The molecule has 0 atom stereocenters. The normalized spacial score (nSPS) is 13.5. The molecule has 1 aromatic heterocycles. The molecule has 1 aliphatic rings. The molecule has 27 heavy (non-hydrogen) atoms. The first-order chi connectivity index (χ1) is 12.9. The van der Waals surface area contributed by atoms with Gasteiger partial charge in [-0.05, 0) is 56.2 Å². The van der Waals surface area contributed by atoms with E-state index in [2.05, 4.69) is 39.6 Å².